The van der Waals surface area contributed by atoms with E-state index in [0.29, 0.717) is 34.9 Å². The molecule has 0 aliphatic rings. The lowest BCUT2D eigenvalue weighted by Crippen LogP contribution is -2.32. The van der Waals surface area contributed by atoms with Gasteiger partial charge in [0.2, 0.25) is 0 Å². The third-order valence-electron chi connectivity index (χ3n) is 4.87. The highest BCUT2D eigenvalue weighted by Crippen LogP contribution is 2.18. The van der Waals surface area contributed by atoms with Crippen LogP contribution in [0.5, 0.6) is 11.5 Å². The lowest BCUT2D eigenvalue weighted by molar-refractivity contribution is -0.136. The predicted molar refractivity (Wildman–Crippen MR) is 134 cm³/mol. The van der Waals surface area contributed by atoms with Crippen LogP contribution in [-0.2, 0) is 20.8 Å². The van der Waals surface area contributed by atoms with Crippen molar-refractivity contribution in [3.63, 3.8) is 0 Å². The molecule has 3 rings (SSSR count). The van der Waals surface area contributed by atoms with Crippen molar-refractivity contribution in [3.05, 3.63) is 83.9 Å². The molecule has 0 saturated carbocycles. The third-order valence-corrected chi connectivity index (χ3v) is 4.87. The van der Waals surface area contributed by atoms with E-state index in [0.717, 1.165) is 5.56 Å². The second-order valence-corrected chi connectivity index (χ2v) is 7.27. The normalized spacial score (nSPS) is 10.5. The number of para-hydroxylation sites is 2. The van der Waals surface area contributed by atoms with Crippen LogP contribution >= 0.6 is 0 Å². The molecule has 0 unspecified atom stereocenters. The number of nitrogens with zero attached hydrogens (tertiary/aromatic N) is 1. The van der Waals surface area contributed by atoms with Gasteiger partial charge in [-0.05, 0) is 54.4 Å². The van der Waals surface area contributed by atoms with Gasteiger partial charge >= 0.3 is 11.8 Å². The van der Waals surface area contributed by atoms with Crippen molar-refractivity contribution in [2.75, 3.05) is 24.4 Å². The molecule has 3 N–H and O–H groups in total. The van der Waals surface area contributed by atoms with Crippen molar-refractivity contribution in [2.45, 2.75) is 13.3 Å². The minimum Gasteiger partial charge on any atom is -0.497 e. The Morgan fingerprint density at radius 2 is 1.60 bits per heavy atom. The van der Waals surface area contributed by atoms with Gasteiger partial charge in [-0.15, -0.1) is 0 Å². The van der Waals surface area contributed by atoms with Gasteiger partial charge in [-0.3, -0.25) is 14.4 Å². The summed E-state index contributed by atoms with van der Waals surface area (Å²) in [6, 6.07) is 21.0. The first-order valence-corrected chi connectivity index (χ1v) is 10.9. The first-order chi connectivity index (χ1) is 17.0. The Kier molecular flexibility index (Phi) is 8.95. The summed E-state index contributed by atoms with van der Waals surface area (Å²) in [4.78, 5) is 36.5. The Morgan fingerprint density at radius 3 is 2.34 bits per heavy atom. The molecule has 0 aromatic heterocycles. The first kappa shape index (κ1) is 25.0. The van der Waals surface area contributed by atoms with Gasteiger partial charge in [0.25, 0.3) is 5.91 Å². The minimum atomic E-state index is -0.913. The fourth-order valence-electron chi connectivity index (χ4n) is 3.07. The van der Waals surface area contributed by atoms with Crippen LogP contribution in [0, 0.1) is 0 Å². The highest BCUT2D eigenvalue weighted by molar-refractivity contribution is 6.39. The molecule has 0 aliphatic carbocycles. The van der Waals surface area contributed by atoms with Gasteiger partial charge in [-0.1, -0.05) is 37.3 Å². The number of carbonyl (C=O) groups excluding carboxylic acids is 3. The highest BCUT2D eigenvalue weighted by atomic mass is 16.5. The molecule has 35 heavy (non-hydrogen) atoms. The Hall–Kier alpha value is -4.66. The summed E-state index contributed by atoms with van der Waals surface area (Å²) in [5.74, 6) is -1.02. The SMILES string of the molecule is CCc1ccccc1NC(=O)C(=O)N/N=C\c1ccccc1OCC(=O)Nc1ccc(OC)cc1. The van der Waals surface area contributed by atoms with Gasteiger partial charge in [0, 0.05) is 16.9 Å². The summed E-state index contributed by atoms with van der Waals surface area (Å²) >= 11 is 0. The van der Waals surface area contributed by atoms with Crippen molar-refractivity contribution in [2.24, 2.45) is 5.10 Å². The smallest absolute Gasteiger partial charge is 0.329 e. The van der Waals surface area contributed by atoms with E-state index < -0.39 is 11.8 Å². The number of nitrogens with one attached hydrogen (secondary N) is 3. The van der Waals surface area contributed by atoms with Gasteiger partial charge < -0.3 is 20.1 Å². The summed E-state index contributed by atoms with van der Waals surface area (Å²) in [5.41, 5.74) is 4.81. The molecule has 0 spiro atoms. The predicted octanol–water partition coefficient (Wildman–Crippen LogP) is 3.36. The van der Waals surface area contributed by atoms with E-state index in [-0.39, 0.29) is 12.5 Å². The average molecular weight is 475 g/mol. The topological polar surface area (TPSA) is 118 Å². The molecule has 0 radical (unpaired) electrons. The van der Waals surface area contributed by atoms with Gasteiger partial charge in [0.1, 0.15) is 11.5 Å². The van der Waals surface area contributed by atoms with Gasteiger partial charge in [-0.2, -0.15) is 5.10 Å². The molecule has 0 aliphatic heterocycles. The highest BCUT2D eigenvalue weighted by Gasteiger charge is 2.14. The molecule has 3 aromatic carbocycles. The second kappa shape index (κ2) is 12.5. The molecular weight excluding hydrogens is 448 g/mol. The van der Waals surface area contributed by atoms with Crippen LogP contribution in [0.3, 0.4) is 0 Å². The van der Waals surface area contributed by atoms with Crippen LogP contribution in [0.25, 0.3) is 0 Å². The average Bonchev–Trinajstić information content (AvgIpc) is 2.88. The van der Waals surface area contributed by atoms with Crippen molar-refractivity contribution in [1.29, 1.82) is 0 Å². The molecule has 0 bridgehead atoms. The minimum absolute atomic E-state index is 0.234. The molecule has 9 heteroatoms. The van der Waals surface area contributed by atoms with Crippen molar-refractivity contribution >= 4 is 35.3 Å². The van der Waals surface area contributed by atoms with E-state index in [1.54, 1.807) is 67.8 Å². The number of amides is 3. The lowest BCUT2D eigenvalue weighted by atomic mass is 10.1. The molecule has 9 nitrogen and oxygen atoms in total. The summed E-state index contributed by atoms with van der Waals surface area (Å²) in [5, 5.41) is 9.15. The monoisotopic (exact) mass is 474 g/mol. The quantitative estimate of drug-likeness (QED) is 0.250. The largest absolute Gasteiger partial charge is 0.497 e. The second-order valence-electron chi connectivity index (χ2n) is 7.27. The van der Waals surface area contributed by atoms with Crippen molar-refractivity contribution in [3.8, 4) is 11.5 Å². The van der Waals surface area contributed by atoms with Crippen LogP contribution in [0.2, 0.25) is 0 Å². The number of aryl methyl sites for hydroxylation is 1. The lowest BCUT2D eigenvalue weighted by Gasteiger charge is -2.10. The maximum absolute atomic E-state index is 12.2. The maximum atomic E-state index is 12.2. The molecule has 0 atom stereocenters. The summed E-state index contributed by atoms with van der Waals surface area (Å²) in [6.07, 6.45) is 2.05. The molecule has 3 aromatic rings. The Bertz CT molecular complexity index is 1210. The van der Waals surface area contributed by atoms with Crippen LogP contribution < -0.4 is 25.5 Å². The van der Waals surface area contributed by atoms with Gasteiger partial charge in [0.15, 0.2) is 6.61 Å². The standard InChI is InChI=1S/C26H26N4O5/c1-3-18-8-4-6-10-22(18)29-25(32)26(33)30-27-16-19-9-5-7-11-23(19)35-17-24(31)28-20-12-14-21(34-2)15-13-20/h4-16H,3,17H2,1-2H3,(H,28,31)(H,29,32)(H,30,33)/b27-16-. The number of rotatable bonds is 9. The van der Waals surface area contributed by atoms with E-state index >= 15 is 0 Å². The van der Waals surface area contributed by atoms with Crippen LogP contribution in [0.4, 0.5) is 11.4 Å². The molecule has 0 heterocycles. The van der Waals surface area contributed by atoms with Crippen LogP contribution in [0.1, 0.15) is 18.1 Å². The Labute approximate surface area is 203 Å². The molecule has 180 valence electrons. The van der Waals surface area contributed by atoms with E-state index in [2.05, 4.69) is 21.2 Å². The van der Waals surface area contributed by atoms with Gasteiger partial charge in [0.05, 0.1) is 13.3 Å². The van der Waals surface area contributed by atoms with E-state index in [4.69, 9.17) is 9.47 Å². The zero-order chi connectivity index (χ0) is 25.0. The fourth-order valence-corrected chi connectivity index (χ4v) is 3.07. The van der Waals surface area contributed by atoms with E-state index in [1.165, 1.54) is 6.21 Å². The summed E-state index contributed by atoms with van der Waals surface area (Å²) in [6.45, 7) is 1.72. The number of carbonyl (C=O) groups is 3. The Balaban J connectivity index is 1.53. The number of benzene rings is 3. The number of hydrogen-bond acceptors (Lipinski definition) is 6. The molecule has 3 amide bonds. The summed E-state index contributed by atoms with van der Waals surface area (Å²) < 4.78 is 10.7. The zero-order valence-electron chi connectivity index (χ0n) is 19.4. The maximum Gasteiger partial charge on any atom is 0.329 e. The number of hydrogen-bond donors (Lipinski definition) is 3. The van der Waals surface area contributed by atoms with Crippen LogP contribution in [0.15, 0.2) is 77.9 Å². The first-order valence-electron chi connectivity index (χ1n) is 10.9. The third kappa shape index (κ3) is 7.43. The number of ether oxygens (including phenoxy) is 2. The van der Waals surface area contributed by atoms with E-state index in [1.807, 2.05) is 19.1 Å². The number of methoxy groups -OCH3 is 1. The zero-order valence-corrected chi connectivity index (χ0v) is 19.4. The Morgan fingerprint density at radius 1 is 0.886 bits per heavy atom. The fraction of sp³-hybridized carbons (Fsp3) is 0.154. The van der Waals surface area contributed by atoms with Crippen molar-refractivity contribution < 1.29 is 23.9 Å². The molecular formula is C26H26N4O5. The van der Waals surface area contributed by atoms with Crippen molar-refractivity contribution in [1.82, 2.24) is 5.43 Å². The number of hydrazone groups is 1. The van der Waals surface area contributed by atoms with Gasteiger partial charge in [-0.25, -0.2) is 5.43 Å². The summed E-state index contributed by atoms with van der Waals surface area (Å²) in [7, 11) is 1.56. The molecule has 0 saturated heterocycles. The van der Waals surface area contributed by atoms with Crippen LogP contribution in [-0.4, -0.2) is 37.7 Å². The van der Waals surface area contributed by atoms with E-state index in [9.17, 15) is 14.4 Å². The number of anilines is 2. The molecule has 0 fully saturated rings.